The molecule has 15 heavy (non-hydrogen) atoms. The van der Waals surface area contributed by atoms with Gasteiger partial charge >= 0.3 is 0 Å². The van der Waals surface area contributed by atoms with Gasteiger partial charge < -0.3 is 5.32 Å². The van der Waals surface area contributed by atoms with Gasteiger partial charge in [-0.1, -0.05) is 24.3 Å². The van der Waals surface area contributed by atoms with E-state index in [0.29, 0.717) is 5.56 Å². The second-order valence-corrected chi connectivity index (χ2v) is 4.05. The molecule has 2 nitrogen and oxygen atoms in total. The van der Waals surface area contributed by atoms with Gasteiger partial charge in [-0.25, -0.2) is 0 Å². The van der Waals surface area contributed by atoms with Gasteiger partial charge in [0.2, 0.25) is 0 Å². The van der Waals surface area contributed by atoms with Crippen LogP contribution in [0.3, 0.4) is 0 Å². The van der Waals surface area contributed by atoms with Crippen molar-refractivity contribution in [3.05, 3.63) is 59.2 Å². The highest BCUT2D eigenvalue weighted by molar-refractivity contribution is 8.02. The maximum absolute atomic E-state index is 11.7. The first-order chi connectivity index (χ1) is 7.36. The van der Waals surface area contributed by atoms with Crippen LogP contribution in [-0.2, 0) is 0 Å². The zero-order valence-corrected chi connectivity index (χ0v) is 8.96. The minimum absolute atomic E-state index is 0.0570. The second kappa shape index (κ2) is 4.84. The first-order valence-corrected chi connectivity index (χ1v) is 5.76. The first kappa shape index (κ1) is 10.1. The Hall–Kier alpha value is -1.48. The molecule has 1 aliphatic rings. The van der Waals surface area contributed by atoms with Crippen LogP contribution in [0.1, 0.15) is 10.4 Å². The second-order valence-electron chi connectivity index (χ2n) is 3.12. The van der Waals surface area contributed by atoms with Gasteiger partial charge in [0, 0.05) is 17.0 Å². The number of benzene rings is 1. The van der Waals surface area contributed by atoms with E-state index in [-0.39, 0.29) is 5.91 Å². The number of nitrogens with one attached hydrogen (secondary N) is 1. The van der Waals surface area contributed by atoms with Crippen molar-refractivity contribution in [1.29, 1.82) is 0 Å². The van der Waals surface area contributed by atoms with Crippen LogP contribution in [0.15, 0.2) is 53.6 Å². The summed E-state index contributed by atoms with van der Waals surface area (Å²) in [5.41, 5.74) is 1.56. The fourth-order valence-corrected chi connectivity index (χ4v) is 1.90. The van der Waals surface area contributed by atoms with E-state index < -0.39 is 0 Å². The number of allylic oxidation sites excluding steroid dienone is 1. The van der Waals surface area contributed by atoms with Gasteiger partial charge in [-0.15, -0.1) is 11.8 Å². The van der Waals surface area contributed by atoms with Gasteiger partial charge in [0.15, 0.2) is 0 Å². The number of rotatable bonds is 2. The van der Waals surface area contributed by atoms with Gasteiger partial charge in [0.25, 0.3) is 5.91 Å². The third-order valence-corrected chi connectivity index (χ3v) is 2.72. The number of carbonyl (C=O) groups is 1. The van der Waals surface area contributed by atoms with Crippen molar-refractivity contribution < 1.29 is 4.79 Å². The molecule has 0 fully saturated rings. The fraction of sp³-hybridized carbons (Fsp3) is 0.0833. The largest absolute Gasteiger partial charge is 0.322 e. The van der Waals surface area contributed by atoms with Crippen LogP contribution in [0.5, 0.6) is 0 Å². The summed E-state index contributed by atoms with van der Waals surface area (Å²) >= 11 is 1.71. The predicted molar refractivity (Wildman–Crippen MR) is 63.6 cm³/mol. The smallest absolute Gasteiger partial charge is 0.255 e. The molecule has 3 heteroatoms. The summed E-state index contributed by atoms with van der Waals surface area (Å²) in [6, 6.07) is 9.22. The van der Waals surface area contributed by atoms with E-state index in [4.69, 9.17) is 0 Å². The lowest BCUT2D eigenvalue weighted by atomic mass is 10.2. The molecule has 0 radical (unpaired) electrons. The molecule has 0 saturated carbocycles. The minimum atomic E-state index is -0.0570. The molecule has 1 amide bonds. The summed E-state index contributed by atoms with van der Waals surface area (Å²) in [5, 5.41) is 4.84. The molecule has 76 valence electrons. The molecule has 0 aromatic heterocycles. The summed E-state index contributed by atoms with van der Waals surface area (Å²) in [6.07, 6.45) is 3.92. The van der Waals surface area contributed by atoms with Crippen molar-refractivity contribution in [2.24, 2.45) is 0 Å². The minimum Gasteiger partial charge on any atom is -0.322 e. The lowest BCUT2D eigenvalue weighted by Crippen LogP contribution is -2.22. The van der Waals surface area contributed by atoms with E-state index in [0.717, 1.165) is 11.4 Å². The zero-order valence-electron chi connectivity index (χ0n) is 8.14. The Bertz CT molecular complexity index is 409. The Morgan fingerprint density at radius 2 is 2.07 bits per heavy atom. The van der Waals surface area contributed by atoms with Gasteiger partial charge in [0.1, 0.15) is 0 Å². The molecule has 1 aromatic carbocycles. The Kier molecular flexibility index (Phi) is 3.25. The van der Waals surface area contributed by atoms with Crippen LogP contribution in [0, 0.1) is 0 Å². The Balaban J connectivity index is 2.04. The summed E-state index contributed by atoms with van der Waals surface area (Å²) in [6.45, 7) is 0. The van der Waals surface area contributed by atoms with Gasteiger partial charge in [-0.2, -0.15) is 0 Å². The van der Waals surface area contributed by atoms with E-state index in [2.05, 4.69) is 5.32 Å². The van der Waals surface area contributed by atoms with Crippen molar-refractivity contribution in [2.75, 3.05) is 5.75 Å². The number of hydrogen-bond donors (Lipinski definition) is 1. The number of hydrogen-bond acceptors (Lipinski definition) is 2. The Morgan fingerprint density at radius 1 is 1.27 bits per heavy atom. The molecular weight excluding hydrogens is 206 g/mol. The standard InChI is InChI=1S/C12H11NOS/c14-12(10-4-2-1-3-5-10)13-11-6-8-15-9-7-11/h1-8H,9H2,(H,13,14). The van der Waals surface area contributed by atoms with Gasteiger partial charge in [-0.3, -0.25) is 4.79 Å². The van der Waals surface area contributed by atoms with E-state index in [9.17, 15) is 4.79 Å². The molecule has 0 spiro atoms. The average molecular weight is 217 g/mol. The summed E-state index contributed by atoms with van der Waals surface area (Å²) in [4.78, 5) is 11.7. The molecule has 2 rings (SSSR count). The van der Waals surface area contributed by atoms with Crippen molar-refractivity contribution in [3.8, 4) is 0 Å². The Labute approximate surface area is 93.1 Å². The highest BCUT2D eigenvalue weighted by atomic mass is 32.2. The van der Waals surface area contributed by atoms with Crippen LogP contribution >= 0.6 is 11.8 Å². The third kappa shape index (κ3) is 2.73. The van der Waals surface area contributed by atoms with Crippen LogP contribution in [0.2, 0.25) is 0 Å². The van der Waals surface area contributed by atoms with Gasteiger partial charge in [0.05, 0.1) is 0 Å². The SMILES string of the molecule is O=C(NC1=CCSC=C1)c1ccccc1. The van der Waals surface area contributed by atoms with E-state index in [1.807, 2.05) is 35.8 Å². The normalized spacial score (nSPS) is 14.5. The average Bonchev–Trinajstić information content (AvgIpc) is 2.31. The molecule has 0 saturated heterocycles. The molecule has 1 N–H and O–H groups in total. The van der Waals surface area contributed by atoms with E-state index in [1.54, 1.807) is 23.9 Å². The molecular formula is C12H11NOS. The molecule has 0 bridgehead atoms. The van der Waals surface area contributed by atoms with Crippen molar-refractivity contribution in [3.63, 3.8) is 0 Å². The summed E-state index contributed by atoms with van der Waals surface area (Å²) in [5.74, 6) is 0.861. The lowest BCUT2D eigenvalue weighted by Gasteiger charge is -2.08. The predicted octanol–water partition coefficient (Wildman–Crippen LogP) is 2.56. The topological polar surface area (TPSA) is 29.1 Å². The number of amides is 1. The first-order valence-electron chi connectivity index (χ1n) is 4.71. The van der Waals surface area contributed by atoms with E-state index >= 15 is 0 Å². The zero-order chi connectivity index (χ0) is 10.5. The fourth-order valence-electron chi connectivity index (χ4n) is 1.27. The third-order valence-electron chi connectivity index (χ3n) is 2.04. The molecule has 0 unspecified atom stereocenters. The van der Waals surface area contributed by atoms with E-state index in [1.165, 1.54) is 0 Å². The molecule has 1 heterocycles. The van der Waals surface area contributed by atoms with Crippen LogP contribution in [-0.4, -0.2) is 11.7 Å². The molecule has 1 aromatic rings. The van der Waals surface area contributed by atoms with Crippen LogP contribution in [0.4, 0.5) is 0 Å². The lowest BCUT2D eigenvalue weighted by molar-refractivity contribution is 0.0967. The van der Waals surface area contributed by atoms with Crippen molar-refractivity contribution in [1.82, 2.24) is 5.32 Å². The molecule has 0 aliphatic carbocycles. The molecule has 1 aliphatic heterocycles. The number of thioether (sulfide) groups is 1. The summed E-state index contributed by atoms with van der Waals surface area (Å²) < 4.78 is 0. The van der Waals surface area contributed by atoms with Crippen LogP contribution in [0.25, 0.3) is 0 Å². The monoisotopic (exact) mass is 217 g/mol. The Morgan fingerprint density at radius 3 is 2.73 bits per heavy atom. The summed E-state index contributed by atoms with van der Waals surface area (Å²) in [7, 11) is 0. The highest BCUT2D eigenvalue weighted by Crippen LogP contribution is 2.12. The quantitative estimate of drug-likeness (QED) is 0.825. The van der Waals surface area contributed by atoms with Gasteiger partial charge in [-0.05, 0) is 23.6 Å². The van der Waals surface area contributed by atoms with Crippen molar-refractivity contribution in [2.45, 2.75) is 0 Å². The van der Waals surface area contributed by atoms with Crippen LogP contribution < -0.4 is 5.32 Å². The molecule has 0 atom stereocenters. The maximum atomic E-state index is 11.7. The number of carbonyl (C=O) groups excluding carboxylic acids is 1. The highest BCUT2D eigenvalue weighted by Gasteiger charge is 2.05. The maximum Gasteiger partial charge on any atom is 0.255 e. The van der Waals surface area contributed by atoms with Crippen molar-refractivity contribution >= 4 is 17.7 Å².